The summed E-state index contributed by atoms with van der Waals surface area (Å²) in [6, 6.07) is 0. The molecule has 0 amide bonds. The molecule has 0 radical (unpaired) electrons. The summed E-state index contributed by atoms with van der Waals surface area (Å²) >= 11 is 0. The Bertz CT molecular complexity index is 94.1. The van der Waals surface area contributed by atoms with Crippen LogP contribution in [0.25, 0.3) is 0 Å². The van der Waals surface area contributed by atoms with Crippen molar-refractivity contribution < 1.29 is 56.5 Å². The molecule has 0 aromatic heterocycles. The number of carbonyl (C=O) groups excluding carboxylic acids is 1. The Morgan fingerprint density at radius 3 is 2.36 bits per heavy atom. The molecule has 0 aromatic rings. The van der Waals surface area contributed by atoms with Crippen LogP contribution >= 0.6 is 0 Å². The maximum atomic E-state index is 10.7. The fourth-order valence-electron chi connectivity index (χ4n) is 0.752. The van der Waals surface area contributed by atoms with Gasteiger partial charge in [0.1, 0.15) is 0 Å². The summed E-state index contributed by atoms with van der Waals surface area (Å²) in [6.07, 6.45) is 3.83. The predicted octanol–water partition coefficient (Wildman–Crippen LogP) is 2.13. The van der Waals surface area contributed by atoms with Gasteiger partial charge in [0, 0.05) is 53.3 Å². The van der Waals surface area contributed by atoms with Gasteiger partial charge >= 0.3 is 5.97 Å². The van der Waals surface area contributed by atoms with Gasteiger partial charge in [-0.3, -0.25) is 4.79 Å². The van der Waals surface area contributed by atoms with E-state index < -0.39 is 0 Å². The monoisotopic (exact) mass is 318 g/mol. The third-order valence-corrected chi connectivity index (χ3v) is 1.29. The van der Waals surface area contributed by atoms with Crippen molar-refractivity contribution in [3.8, 4) is 0 Å². The SMILES string of the molecule is CCCCCC(=O)OCC.[Yb]. The minimum Gasteiger partial charge on any atom is -0.466 e. The summed E-state index contributed by atoms with van der Waals surface area (Å²) in [7, 11) is 0. The summed E-state index contributed by atoms with van der Waals surface area (Å²) in [4.78, 5) is 10.7. The van der Waals surface area contributed by atoms with Crippen LogP contribution in [-0.2, 0) is 9.53 Å². The molecule has 0 unspecified atom stereocenters. The number of unbranched alkanes of at least 4 members (excludes halogenated alkanes) is 2. The minimum absolute atomic E-state index is 0. The second-order valence-corrected chi connectivity index (χ2v) is 2.26. The molecule has 0 heterocycles. The minimum atomic E-state index is -0.0593. The van der Waals surface area contributed by atoms with Gasteiger partial charge in [0.15, 0.2) is 0 Å². The van der Waals surface area contributed by atoms with Gasteiger partial charge in [-0.15, -0.1) is 0 Å². The van der Waals surface area contributed by atoms with Crippen molar-refractivity contribution in [1.82, 2.24) is 0 Å². The second-order valence-electron chi connectivity index (χ2n) is 2.26. The van der Waals surface area contributed by atoms with Crippen molar-refractivity contribution in [2.45, 2.75) is 39.5 Å². The van der Waals surface area contributed by atoms with E-state index in [0.29, 0.717) is 13.0 Å². The van der Waals surface area contributed by atoms with E-state index in [1.54, 1.807) is 0 Å². The smallest absolute Gasteiger partial charge is 0.305 e. The first-order chi connectivity index (χ1) is 4.81. The van der Waals surface area contributed by atoms with Crippen LogP contribution in [0.1, 0.15) is 39.5 Å². The predicted molar refractivity (Wildman–Crippen MR) is 40.8 cm³/mol. The van der Waals surface area contributed by atoms with Crippen LogP contribution in [-0.4, -0.2) is 12.6 Å². The molecule has 0 fully saturated rings. The molecule has 0 bridgehead atoms. The Morgan fingerprint density at radius 2 is 1.91 bits per heavy atom. The van der Waals surface area contributed by atoms with Crippen molar-refractivity contribution in [3.05, 3.63) is 0 Å². The molecule has 0 N–H and O–H groups in total. The van der Waals surface area contributed by atoms with Gasteiger partial charge < -0.3 is 4.74 Å². The van der Waals surface area contributed by atoms with Crippen LogP contribution in [0.15, 0.2) is 0 Å². The molecular formula is C8H16O2Yb. The summed E-state index contributed by atoms with van der Waals surface area (Å²) in [5.74, 6) is -0.0593. The molecule has 0 rings (SSSR count). The van der Waals surface area contributed by atoms with Crippen molar-refractivity contribution in [2.75, 3.05) is 6.61 Å². The Hall–Kier alpha value is 0.989. The fourth-order valence-corrected chi connectivity index (χ4v) is 0.752. The second kappa shape index (κ2) is 11.0. The van der Waals surface area contributed by atoms with Crippen molar-refractivity contribution >= 4 is 5.97 Å². The van der Waals surface area contributed by atoms with Crippen molar-refractivity contribution in [2.24, 2.45) is 0 Å². The number of hydrogen-bond acceptors (Lipinski definition) is 2. The molecule has 0 saturated carbocycles. The van der Waals surface area contributed by atoms with Crippen LogP contribution in [0.2, 0.25) is 0 Å². The summed E-state index contributed by atoms with van der Waals surface area (Å²) in [6.45, 7) is 4.45. The Labute approximate surface area is 107 Å². The van der Waals surface area contributed by atoms with Gasteiger partial charge in [-0.05, 0) is 13.3 Å². The third kappa shape index (κ3) is 11.0. The van der Waals surface area contributed by atoms with Crippen LogP contribution in [0.3, 0.4) is 0 Å². The van der Waals surface area contributed by atoms with E-state index in [2.05, 4.69) is 6.92 Å². The normalized spacial score (nSPS) is 8.55. The summed E-state index contributed by atoms with van der Waals surface area (Å²) in [5.41, 5.74) is 0. The van der Waals surface area contributed by atoms with E-state index in [1.807, 2.05) is 6.92 Å². The van der Waals surface area contributed by atoms with E-state index in [1.165, 1.54) is 0 Å². The molecule has 0 saturated heterocycles. The van der Waals surface area contributed by atoms with E-state index in [0.717, 1.165) is 19.3 Å². The van der Waals surface area contributed by atoms with Gasteiger partial charge in [0.25, 0.3) is 0 Å². The Balaban J connectivity index is 0. The topological polar surface area (TPSA) is 26.3 Å². The fraction of sp³-hybridized carbons (Fsp3) is 0.875. The van der Waals surface area contributed by atoms with Gasteiger partial charge in [-0.25, -0.2) is 0 Å². The molecule has 0 aliphatic carbocycles. The van der Waals surface area contributed by atoms with Gasteiger partial charge in [0.2, 0.25) is 0 Å². The van der Waals surface area contributed by atoms with Crippen LogP contribution in [0, 0.1) is 46.9 Å². The zero-order chi connectivity index (χ0) is 7.82. The maximum Gasteiger partial charge on any atom is 0.305 e. The van der Waals surface area contributed by atoms with Gasteiger partial charge in [0.05, 0.1) is 6.61 Å². The van der Waals surface area contributed by atoms with Gasteiger partial charge in [-0.1, -0.05) is 19.8 Å². The van der Waals surface area contributed by atoms with E-state index >= 15 is 0 Å². The number of carbonyl (C=O) groups is 1. The molecule has 11 heavy (non-hydrogen) atoms. The molecule has 0 spiro atoms. The first kappa shape index (κ1) is 14.5. The van der Waals surface area contributed by atoms with E-state index in [4.69, 9.17) is 4.74 Å². The molecular weight excluding hydrogens is 301 g/mol. The number of hydrogen-bond donors (Lipinski definition) is 0. The number of rotatable bonds is 5. The summed E-state index contributed by atoms with van der Waals surface area (Å²) < 4.78 is 4.75. The Kier molecular flexibility index (Phi) is 14.5. The third-order valence-electron chi connectivity index (χ3n) is 1.29. The first-order valence-corrected chi connectivity index (χ1v) is 3.96. The molecule has 0 aliphatic heterocycles. The molecule has 3 heteroatoms. The molecule has 74 valence electrons. The van der Waals surface area contributed by atoms with Crippen LogP contribution in [0.5, 0.6) is 0 Å². The first-order valence-electron chi connectivity index (χ1n) is 3.96. The average Bonchev–Trinajstić information content (AvgIpc) is 1.89. The van der Waals surface area contributed by atoms with E-state index in [-0.39, 0.29) is 52.9 Å². The average molecular weight is 317 g/mol. The molecule has 0 aromatic carbocycles. The van der Waals surface area contributed by atoms with Crippen LogP contribution in [0.4, 0.5) is 0 Å². The zero-order valence-corrected chi connectivity index (χ0v) is 8.83. The largest absolute Gasteiger partial charge is 0.466 e. The van der Waals surface area contributed by atoms with Crippen LogP contribution < -0.4 is 0 Å². The molecule has 0 atom stereocenters. The molecule has 2 nitrogen and oxygen atoms in total. The van der Waals surface area contributed by atoms with Crippen molar-refractivity contribution in [3.63, 3.8) is 0 Å². The standard InChI is InChI=1S/C8H16O2.Yb/c1-3-5-6-7-8(9)10-4-2;/h3-7H2,1-2H3;. The summed E-state index contributed by atoms with van der Waals surface area (Å²) in [5, 5.41) is 0. The number of ether oxygens (including phenoxy) is 1. The number of esters is 1. The maximum absolute atomic E-state index is 10.7. The van der Waals surface area contributed by atoms with Gasteiger partial charge in [-0.2, -0.15) is 0 Å². The zero-order valence-electron chi connectivity index (χ0n) is 7.12. The quantitative estimate of drug-likeness (QED) is 0.574. The van der Waals surface area contributed by atoms with Crippen molar-refractivity contribution in [1.29, 1.82) is 0 Å². The Morgan fingerprint density at radius 1 is 1.27 bits per heavy atom. The van der Waals surface area contributed by atoms with E-state index in [9.17, 15) is 4.79 Å². The molecule has 0 aliphatic rings.